The highest BCUT2D eigenvalue weighted by molar-refractivity contribution is 6.31. The van der Waals surface area contributed by atoms with Gasteiger partial charge in [0.25, 0.3) is 5.91 Å². The number of carbonyl (C=O) groups excluding carboxylic acids is 2. The van der Waals surface area contributed by atoms with E-state index >= 15 is 0 Å². The summed E-state index contributed by atoms with van der Waals surface area (Å²) in [5, 5.41) is 11.0. The Bertz CT molecular complexity index is 1170. The van der Waals surface area contributed by atoms with Crippen molar-refractivity contribution in [2.24, 2.45) is 0 Å². The number of nitrogens with one attached hydrogen (secondary N) is 2. The number of carbonyl (C=O) groups is 2. The van der Waals surface area contributed by atoms with E-state index in [-0.39, 0.29) is 24.1 Å². The lowest BCUT2D eigenvalue weighted by molar-refractivity contribution is -0.116. The lowest BCUT2D eigenvalue weighted by Crippen LogP contribution is -2.22. The van der Waals surface area contributed by atoms with Gasteiger partial charge in [-0.25, -0.2) is 0 Å². The van der Waals surface area contributed by atoms with E-state index in [1.807, 2.05) is 12.1 Å². The van der Waals surface area contributed by atoms with Crippen molar-refractivity contribution in [2.75, 3.05) is 5.32 Å². The van der Waals surface area contributed by atoms with Gasteiger partial charge in [0.1, 0.15) is 12.1 Å². The standard InChI is InChI=1S/C21H17ClN4O3/c22-16-5-6-18-15(10-16)11-19(29-18)21(28)23-12-14-3-1-4-17(9-14)25-20(27)13-26-8-2-7-24-26/h1-11H,12-13H2,(H,23,28)(H,25,27). The summed E-state index contributed by atoms with van der Waals surface area (Å²) < 4.78 is 7.11. The van der Waals surface area contributed by atoms with E-state index in [2.05, 4.69) is 15.7 Å². The molecule has 0 saturated carbocycles. The van der Waals surface area contributed by atoms with Gasteiger partial charge in [-0.3, -0.25) is 14.3 Å². The quantitative estimate of drug-likeness (QED) is 0.507. The van der Waals surface area contributed by atoms with Crippen LogP contribution in [0.1, 0.15) is 16.1 Å². The van der Waals surface area contributed by atoms with Gasteiger partial charge < -0.3 is 15.1 Å². The molecule has 4 aromatic rings. The minimum atomic E-state index is -0.328. The Labute approximate surface area is 171 Å². The smallest absolute Gasteiger partial charge is 0.287 e. The first-order chi connectivity index (χ1) is 14.1. The molecule has 2 aromatic heterocycles. The van der Waals surface area contributed by atoms with Gasteiger partial charge in [-0.1, -0.05) is 23.7 Å². The highest BCUT2D eigenvalue weighted by Gasteiger charge is 2.12. The lowest BCUT2D eigenvalue weighted by Gasteiger charge is -2.08. The van der Waals surface area contributed by atoms with Gasteiger partial charge in [-0.2, -0.15) is 5.10 Å². The van der Waals surface area contributed by atoms with Crippen LogP contribution in [0.4, 0.5) is 5.69 Å². The van der Waals surface area contributed by atoms with Crippen molar-refractivity contribution in [3.05, 3.63) is 83.3 Å². The molecule has 0 spiro atoms. The predicted molar refractivity (Wildman–Crippen MR) is 110 cm³/mol. The molecule has 0 aliphatic rings. The molecule has 8 heteroatoms. The van der Waals surface area contributed by atoms with Crippen molar-refractivity contribution in [2.45, 2.75) is 13.1 Å². The SMILES string of the molecule is O=C(Cn1cccn1)Nc1cccc(CNC(=O)c2cc3cc(Cl)ccc3o2)c1. The number of anilines is 1. The van der Waals surface area contributed by atoms with E-state index in [0.29, 0.717) is 22.8 Å². The van der Waals surface area contributed by atoms with Crippen LogP contribution in [0.5, 0.6) is 0 Å². The Morgan fingerprint density at radius 2 is 2.00 bits per heavy atom. The molecule has 0 atom stereocenters. The zero-order valence-corrected chi connectivity index (χ0v) is 16.0. The highest BCUT2D eigenvalue weighted by Crippen LogP contribution is 2.23. The molecule has 29 heavy (non-hydrogen) atoms. The summed E-state index contributed by atoms with van der Waals surface area (Å²) in [5.74, 6) is -0.299. The molecule has 0 radical (unpaired) electrons. The zero-order chi connectivity index (χ0) is 20.2. The largest absolute Gasteiger partial charge is 0.451 e. The number of amides is 2. The molecule has 0 saturated heterocycles. The number of aromatic nitrogens is 2. The first-order valence-corrected chi connectivity index (χ1v) is 9.28. The fraction of sp³-hybridized carbons (Fsp3) is 0.0952. The summed E-state index contributed by atoms with van der Waals surface area (Å²) in [6, 6.07) is 15.9. The van der Waals surface area contributed by atoms with Crippen LogP contribution in [0.15, 0.2) is 71.4 Å². The highest BCUT2D eigenvalue weighted by atomic mass is 35.5. The predicted octanol–water partition coefficient (Wildman–Crippen LogP) is 3.85. The Morgan fingerprint density at radius 1 is 1.10 bits per heavy atom. The summed E-state index contributed by atoms with van der Waals surface area (Å²) in [6.07, 6.45) is 3.34. The maximum atomic E-state index is 12.4. The number of furan rings is 1. The average Bonchev–Trinajstić information content (AvgIpc) is 3.35. The first-order valence-electron chi connectivity index (χ1n) is 8.90. The van der Waals surface area contributed by atoms with Crippen LogP contribution in [0, 0.1) is 0 Å². The second-order valence-electron chi connectivity index (χ2n) is 6.43. The molecule has 2 N–H and O–H groups in total. The molecule has 2 amide bonds. The minimum absolute atomic E-state index is 0.129. The fourth-order valence-corrected chi connectivity index (χ4v) is 3.08. The third-order valence-corrected chi connectivity index (χ3v) is 4.47. The molecule has 146 valence electrons. The maximum Gasteiger partial charge on any atom is 0.287 e. The van der Waals surface area contributed by atoms with Crippen molar-refractivity contribution in [3.63, 3.8) is 0 Å². The lowest BCUT2D eigenvalue weighted by atomic mass is 10.2. The number of nitrogens with zero attached hydrogens (tertiary/aromatic N) is 2. The normalized spacial score (nSPS) is 10.8. The van der Waals surface area contributed by atoms with Crippen LogP contribution < -0.4 is 10.6 Å². The number of halogens is 1. The first kappa shape index (κ1) is 18.8. The van der Waals surface area contributed by atoms with Gasteiger partial charge in [0.15, 0.2) is 5.76 Å². The average molecular weight is 409 g/mol. The zero-order valence-electron chi connectivity index (χ0n) is 15.3. The van der Waals surface area contributed by atoms with E-state index in [1.165, 1.54) is 0 Å². The number of hydrogen-bond acceptors (Lipinski definition) is 4. The summed E-state index contributed by atoms with van der Waals surface area (Å²) in [5.41, 5.74) is 2.09. The Kier molecular flexibility index (Phi) is 5.31. The van der Waals surface area contributed by atoms with Crippen LogP contribution in [-0.4, -0.2) is 21.6 Å². The van der Waals surface area contributed by atoms with Crippen molar-refractivity contribution in [1.29, 1.82) is 0 Å². The van der Waals surface area contributed by atoms with E-state index in [4.69, 9.17) is 16.0 Å². The van der Waals surface area contributed by atoms with Crippen LogP contribution >= 0.6 is 11.6 Å². The number of hydrogen-bond donors (Lipinski definition) is 2. The second kappa shape index (κ2) is 8.20. The molecule has 4 rings (SSSR count). The second-order valence-corrected chi connectivity index (χ2v) is 6.86. The molecule has 0 aliphatic carbocycles. The van der Waals surface area contributed by atoms with Crippen molar-refractivity contribution >= 4 is 40.1 Å². The van der Waals surface area contributed by atoms with Crippen molar-refractivity contribution in [3.8, 4) is 0 Å². The third kappa shape index (κ3) is 4.64. The molecule has 7 nitrogen and oxygen atoms in total. The van der Waals surface area contributed by atoms with Crippen molar-refractivity contribution in [1.82, 2.24) is 15.1 Å². The van der Waals surface area contributed by atoms with E-state index in [9.17, 15) is 9.59 Å². The molecule has 0 aliphatic heterocycles. The van der Waals surface area contributed by atoms with Gasteiger partial charge in [0.2, 0.25) is 5.91 Å². The molecule has 2 aromatic carbocycles. The summed E-state index contributed by atoms with van der Waals surface area (Å²) in [7, 11) is 0. The van der Waals surface area contributed by atoms with E-state index in [1.54, 1.807) is 59.5 Å². The van der Waals surface area contributed by atoms with Gasteiger partial charge in [-0.05, 0) is 48.0 Å². The maximum absolute atomic E-state index is 12.4. The van der Waals surface area contributed by atoms with Gasteiger partial charge in [-0.15, -0.1) is 0 Å². The topological polar surface area (TPSA) is 89.2 Å². The summed E-state index contributed by atoms with van der Waals surface area (Å²) in [4.78, 5) is 24.5. The van der Waals surface area contributed by atoms with Gasteiger partial charge >= 0.3 is 0 Å². The Morgan fingerprint density at radius 3 is 2.83 bits per heavy atom. The van der Waals surface area contributed by atoms with Crippen LogP contribution in [-0.2, 0) is 17.9 Å². The van der Waals surface area contributed by atoms with Crippen LogP contribution in [0.2, 0.25) is 5.02 Å². The molecule has 0 unspecified atom stereocenters. The van der Waals surface area contributed by atoms with E-state index in [0.717, 1.165) is 10.9 Å². The summed E-state index contributed by atoms with van der Waals surface area (Å²) in [6.45, 7) is 0.420. The Hall–Kier alpha value is -3.58. The molecular weight excluding hydrogens is 392 g/mol. The molecule has 2 heterocycles. The Balaban J connectivity index is 1.37. The monoisotopic (exact) mass is 408 g/mol. The third-order valence-electron chi connectivity index (χ3n) is 4.23. The molecule has 0 fully saturated rings. The van der Waals surface area contributed by atoms with E-state index < -0.39 is 0 Å². The molecular formula is C21H17ClN4O3. The number of rotatable bonds is 6. The number of benzene rings is 2. The van der Waals surface area contributed by atoms with Crippen LogP contribution in [0.25, 0.3) is 11.0 Å². The summed E-state index contributed by atoms with van der Waals surface area (Å²) >= 11 is 5.96. The van der Waals surface area contributed by atoms with Gasteiger partial charge in [0.05, 0.1) is 0 Å². The van der Waals surface area contributed by atoms with Gasteiger partial charge in [0, 0.05) is 35.0 Å². The fourth-order valence-electron chi connectivity index (χ4n) is 2.90. The van der Waals surface area contributed by atoms with Crippen LogP contribution in [0.3, 0.4) is 0 Å². The minimum Gasteiger partial charge on any atom is -0.451 e. The number of fused-ring (bicyclic) bond motifs is 1. The molecule has 0 bridgehead atoms. The van der Waals surface area contributed by atoms with Crippen molar-refractivity contribution < 1.29 is 14.0 Å².